The van der Waals surface area contributed by atoms with Crippen molar-refractivity contribution in [3.8, 4) is 0 Å². The Kier molecular flexibility index (Phi) is 5.79. The first-order valence-corrected chi connectivity index (χ1v) is 8.29. The van der Waals surface area contributed by atoms with Crippen LogP contribution in [0.3, 0.4) is 0 Å². The molecule has 0 saturated carbocycles. The number of carbonyl (C=O) groups excluding carboxylic acids is 1. The molecule has 0 unspecified atom stereocenters. The molecule has 0 aromatic heterocycles. The molecule has 0 aliphatic heterocycles. The molecule has 2 aromatic rings. The summed E-state index contributed by atoms with van der Waals surface area (Å²) in [5.41, 5.74) is 3.12. The van der Waals surface area contributed by atoms with Gasteiger partial charge in [0.1, 0.15) is 0 Å². The quantitative estimate of drug-likeness (QED) is 0.678. The lowest BCUT2D eigenvalue weighted by Crippen LogP contribution is -2.32. The molecule has 2 nitrogen and oxygen atoms in total. The van der Waals surface area contributed by atoms with Crippen LogP contribution < -0.4 is 0 Å². The van der Waals surface area contributed by atoms with Crippen LogP contribution in [0.25, 0.3) is 0 Å². The Hall–Kier alpha value is -1.36. The standard InChI is InChI=1S/C18H20INO/c1-3-12-20(13-15-9-5-4-6-10-15)18(21)16-11-7-8-14(2)17(16)19/h4-11H,3,12-13H2,1-2H3. The van der Waals surface area contributed by atoms with Crippen LogP contribution in [0.2, 0.25) is 0 Å². The molecule has 0 aliphatic carbocycles. The summed E-state index contributed by atoms with van der Waals surface area (Å²) in [5.74, 6) is 0.119. The number of aryl methyl sites for hydroxylation is 1. The number of rotatable bonds is 5. The van der Waals surface area contributed by atoms with Crippen LogP contribution in [-0.2, 0) is 6.54 Å². The first-order valence-electron chi connectivity index (χ1n) is 7.21. The second kappa shape index (κ2) is 7.59. The van der Waals surface area contributed by atoms with Crippen LogP contribution in [-0.4, -0.2) is 17.4 Å². The number of nitrogens with zero attached hydrogens (tertiary/aromatic N) is 1. The molecule has 1 amide bonds. The van der Waals surface area contributed by atoms with E-state index in [2.05, 4.69) is 41.6 Å². The number of carbonyl (C=O) groups is 1. The SMILES string of the molecule is CCCN(Cc1ccccc1)C(=O)c1cccc(C)c1I. The molecule has 0 radical (unpaired) electrons. The zero-order chi connectivity index (χ0) is 15.2. The van der Waals surface area contributed by atoms with Gasteiger partial charge in [-0.15, -0.1) is 0 Å². The number of hydrogen-bond acceptors (Lipinski definition) is 1. The summed E-state index contributed by atoms with van der Waals surface area (Å²) in [7, 11) is 0. The third-order valence-corrected chi connectivity index (χ3v) is 4.85. The minimum atomic E-state index is 0.119. The summed E-state index contributed by atoms with van der Waals surface area (Å²) in [6.07, 6.45) is 0.959. The van der Waals surface area contributed by atoms with Crippen molar-refractivity contribution in [2.24, 2.45) is 0 Å². The molecule has 0 heterocycles. The molecule has 0 bridgehead atoms. The fourth-order valence-corrected chi connectivity index (χ4v) is 2.90. The van der Waals surface area contributed by atoms with E-state index in [1.165, 1.54) is 5.56 Å². The third-order valence-electron chi connectivity index (χ3n) is 3.42. The van der Waals surface area contributed by atoms with Crippen molar-refractivity contribution in [1.29, 1.82) is 0 Å². The minimum absolute atomic E-state index is 0.119. The smallest absolute Gasteiger partial charge is 0.255 e. The van der Waals surface area contributed by atoms with E-state index in [1.54, 1.807) is 0 Å². The molecule has 0 aliphatic rings. The second-order valence-electron chi connectivity index (χ2n) is 5.15. The molecule has 0 saturated heterocycles. The second-order valence-corrected chi connectivity index (χ2v) is 6.23. The summed E-state index contributed by atoms with van der Waals surface area (Å²) >= 11 is 2.27. The third kappa shape index (κ3) is 4.06. The van der Waals surface area contributed by atoms with Crippen LogP contribution in [0, 0.1) is 10.5 Å². The highest BCUT2D eigenvalue weighted by atomic mass is 127. The fraction of sp³-hybridized carbons (Fsp3) is 0.278. The summed E-state index contributed by atoms with van der Waals surface area (Å²) in [6.45, 7) is 5.58. The maximum Gasteiger partial charge on any atom is 0.255 e. The normalized spacial score (nSPS) is 10.4. The van der Waals surface area contributed by atoms with E-state index in [-0.39, 0.29) is 5.91 Å². The zero-order valence-corrected chi connectivity index (χ0v) is 14.6. The van der Waals surface area contributed by atoms with Crippen LogP contribution in [0.5, 0.6) is 0 Å². The van der Waals surface area contributed by atoms with E-state index in [0.29, 0.717) is 6.54 Å². The van der Waals surface area contributed by atoms with Crippen molar-refractivity contribution < 1.29 is 4.79 Å². The highest BCUT2D eigenvalue weighted by molar-refractivity contribution is 14.1. The van der Waals surface area contributed by atoms with Gasteiger partial charge in [0.25, 0.3) is 5.91 Å². The molecule has 0 N–H and O–H groups in total. The van der Waals surface area contributed by atoms with Crippen molar-refractivity contribution in [1.82, 2.24) is 4.90 Å². The van der Waals surface area contributed by atoms with Crippen molar-refractivity contribution in [3.63, 3.8) is 0 Å². The molecule has 0 spiro atoms. The lowest BCUT2D eigenvalue weighted by Gasteiger charge is -2.23. The molecule has 21 heavy (non-hydrogen) atoms. The Bertz CT molecular complexity index is 610. The van der Waals surface area contributed by atoms with Crippen LogP contribution in [0.15, 0.2) is 48.5 Å². The van der Waals surface area contributed by atoms with Gasteiger partial charge in [-0.2, -0.15) is 0 Å². The van der Waals surface area contributed by atoms with Gasteiger partial charge in [-0.3, -0.25) is 4.79 Å². The molecule has 2 rings (SSSR count). The number of amides is 1. The molecular formula is C18H20INO. The van der Waals surface area contributed by atoms with E-state index >= 15 is 0 Å². The highest BCUT2D eigenvalue weighted by Crippen LogP contribution is 2.19. The average molecular weight is 393 g/mol. The van der Waals surface area contributed by atoms with Gasteiger partial charge in [0.05, 0.1) is 5.56 Å². The molecule has 2 aromatic carbocycles. The Morgan fingerprint density at radius 1 is 1.10 bits per heavy atom. The highest BCUT2D eigenvalue weighted by Gasteiger charge is 2.18. The van der Waals surface area contributed by atoms with Crippen molar-refractivity contribution in [3.05, 3.63) is 68.8 Å². The van der Waals surface area contributed by atoms with Crippen molar-refractivity contribution in [2.75, 3.05) is 6.54 Å². The molecule has 3 heteroatoms. The fourth-order valence-electron chi connectivity index (χ4n) is 2.31. The lowest BCUT2D eigenvalue weighted by atomic mass is 10.1. The topological polar surface area (TPSA) is 20.3 Å². The van der Waals surface area contributed by atoms with Gasteiger partial charge in [0, 0.05) is 16.7 Å². The van der Waals surface area contributed by atoms with Crippen LogP contribution >= 0.6 is 22.6 Å². The summed E-state index contributed by atoms with van der Waals surface area (Å²) in [4.78, 5) is 14.8. The van der Waals surface area contributed by atoms with Gasteiger partial charge in [-0.1, -0.05) is 49.4 Å². The molecule has 110 valence electrons. The monoisotopic (exact) mass is 393 g/mol. The zero-order valence-electron chi connectivity index (χ0n) is 12.5. The molecule has 0 fully saturated rings. The summed E-state index contributed by atoms with van der Waals surface area (Å²) in [5, 5.41) is 0. The van der Waals surface area contributed by atoms with Crippen LogP contribution in [0.1, 0.15) is 34.8 Å². The van der Waals surface area contributed by atoms with Gasteiger partial charge in [0.15, 0.2) is 0 Å². The van der Waals surface area contributed by atoms with Crippen molar-refractivity contribution >= 4 is 28.5 Å². The Morgan fingerprint density at radius 2 is 1.81 bits per heavy atom. The van der Waals surface area contributed by atoms with Gasteiger partial charge < -0.3 is 4.90 Å². The lowest BCUT2D eigenvalue weighted by molar-refractivity contribution is 0.0742. The summed E-state index contributed by atoms with van der Waals surface area (Å²) in [6, 6.07) is 16.1. The van der Waals surface area contributed by atoms with Gasteiger partial charge in [0.2, 0.25) is 0 Å². The molecule has 0 atom stereocenters. The van der Waals surface area contributed by atoms with E-state index in [1.807, 2.05) is 48.2 Å². The number of benzene rings is 2. The largest absolute Gasteiger partial charge is 0.334 e. The predicted octanol–water partition coefficient (Wildman–Crippen LogP) is 4.65. The Balaban J connectivity index is 2.25. The first kappa shape index (κ1) is 16.0. The van der Waals surface area contributed by atoms with Gasteiger partial charge >= 0.3 is 0 Å². The van der Waals surface area contributed by atoms with E-state index in [4.69, 9.17) is 0 Å². The van der Waals surface area contributed by atoms with E-state index in [9.17, 15) is 4.79 Å². The maximum absolute atomic E-state index is 12.8. The van der Waals surface area contributed by atoms with Gasteiger partial charge in [-0.25, -0.2) is 0 Å². The average Bonchev–Trinajstić information content (AvgIpc) is 2.50. The number of hydrogen-bond donors (Lipinski definition) is 0. The molecular weight excluding hydrogens is 373 g/mol. The number of halogens is 1. The predicted molar refractivity (Wildman–Crippen MR) is 95.4 cm³/mol. The van der Waals surface area contributed by atoms with E-state index in [0.717, 1.165) is 27.7 Å². The van der Waals surface area contributed by atoms with E-state index < -0.39 is 0 Å². The van der Waals surface area contributed by atoms with Crippen LogP contribution in [0.4, 0.5) is 0 Å². The first-order chi connectivity index (χ1) is 10.1. The maximum atomic E-state index is 12.8. The minimum Gasteiger partial charge on any atom is -0.334 e. The Labute approximate surface area is 140 Å². The Morgan fingerprint density at radius 3 is 2.48 bits per heavy atom. The van der Waals surface area contributed by atoms with Gasteiger partial charge in [-0.05, 0) is 53.1 Å². The van der Waals surface area contributed by atoms with Crippen molar-refractivity contribution in [2.45, 2.75) is 26.8 Å². The summed E-state index contributed by atoms with van der Waals surface area (Å²) < 4.78 is 1.05.